The lowest BCUT2D eigenvalue weighted by Gasteiger charge is -2.36. The van der Waals surface area contributed by atoms with Gasteiger partial charge in [0, 0.05) is 38.3 Å². The second-order valence-electron chi connectivity index (χ2n) is 7.12. The van der Waals surface area contributed by atoms with E-state index in [-0.39, 0.29) is 11.6 Å². The van der Waals surface area contributed by atoms with Crippen LogP contribution < -0.4 is 4.90 Å². The second kappa shape index (κ2) is 7.94. The normalized spacial score (nSPS) is 17.9. The van der Waals surface area contributed by atoms with Crippen LogP contribution >= 0.6 is 0 Å². The van der Waals surface area contributed by atoms with Crippen LogP contribution in [0.3, 0.4) is 0 Å². The van der Waals surface area contributed by atoms with E-state index in [1.807, 2.05) is 6.92 Å². The summed E-state index contributed by atoms with van der Waals surface area (Å²) >= 11 is 0. The highest BCUT2D eigenvalue weighted by molar-refractivity contribution is 5.79. The third-order valence-corrected chi connectivity index (χ3v) is 5.28. The Hall–Kier alpha value is -2.36. The number of carbonyl (C=O) groups is 1. The molecule has 1 saturated heterocycles. The largest absolute Gasteiger partial charge is 0.416 e. The number of alkyl halides is 3. The Balaban J connectivity index is 1.65. The minimum Gasteiger partial charge on any atom is -0.362 e. The standard InChI is InChI=1S/C18H23F3N4O3/c1-2-22(14-4-5-14)12-17(26)24-9-7-23(8-10-24)15-6-3-13(18(19,20)21)11-16(15)25(27)28/h3,6,11,14H,2,4-5,7-10,12H2,1H3. The molecule has 10 heteroatoms. The van der Waals surface area contributed by atoms with Gasteiger partial charge in [-0.3, -0.25) is 19.8 Å². The molecule has 28 heavy (non-hydrogen) atoms. The number of halogens is 3. The number of hydrogen-bond donors (Lipinski definition) is 0. The lowest BCUT2D eigenvalue weighted by atomic mass is 10.1. The molecule has 0 bridgehead atoms. The zero-order valence-electron chi connectivity index (χ0n) is 15.6. The van der Waals surface area contributed by atoms with Gasteiger partial charge < -0.3 is 9.80 Å². The first-order chi connectivity index (χ1) is 13.2. The fourth-order valence-corrected chi connectivity index (χ4v) is 3.52. The molecule has 154 valence electrons. The quantitative estimate of drug-likeness (QED) is 0.543. The monoisotopic (exact) mass is 400 g/mol. The summed E-state index contributed by atoms with van der Waals surface area (Å²) in [5, 5.41) is 11.3. The van der Waals surface area contributed by atoms with Crippen LogP contribution in [-0.4, -0.2) is 65.9 Å². The number of likely N-dealkylation sites (N-methyl/N-ethyl adjacent to an activating group) is 1. The number of benzene rings is 1. The number of carbonyl (C=O) groups excluding carboxylic acids is 1. The van der Waals surface area contributed by atoms with Gasteiger partial charge in [0.2, 0.25) is 5.91 Å². The van der Waals surface area contributed by atoms with E-state index < -0.39 is 22.4 Å². The SMILES string of the molecule is CCN(CC(=O)N1CCN(c2ccc(C(F)(F)F)cc2[N+](=O)[O-])CC1)C1CC1. The predicted molar refractivity (Wildman–Crippen MR) is 97.2 cm³/mol. The summed E-state index contributed by atoms with van der Waals surface area (Å²) in [6, 6.07) is 3.06. The summed E-state index contributed by atoms with van der Waals surface area (Å²) in [5.41, 5.74) is -1.46. The lowest BCUT2D eigenvalue weighted by molar-refractivity contribution is -0.384. The number of amides is 1. The highest BCUT2D eigenvalue weighted by Gasteiger charge is 2.35. The molecule has 0 N–H and O–H groups in total. The van der Waals surface area contributed by atoms with Crippen molar-refractivity contribution in [1.82, 2.24) is 9.80 Å². The summed E-state index contributed by atoms with van der Waals surface area (Å²) in [6.45, 7) is 4.66. The van der Waals surface area contributed by atoms with Gasteiger partial charge in [-0.05, 0) is 31.5 Å². The zero-order chi connectivity index (χ0) is 20.5. The molecule has 0 aromatic heterocycles. The summed E-state index contributed by atoms with van der Waals surface area (Å²) in [6.07, 6.45) is -2.40. The Morgan fingerprint density at radius 2 is 1.89 bits per heavy atom. The van der Waals surface area contributed by atoms with Gasteiger partial charge in [-0.15, -0.1) is 0 Å². The third-order valence-electron chi connectivity index (χ3n) is 5.28. The average molecular weight is 400 g/mol. The first-order valence-electron chi connectivity index (χ1n) is 9.33. The number of nitro groups is 1. The minimum atomic E-state index is -4.64. The molecule has 0 spiro atoms. The van der Waals surface area contributed by atoms with Crippen molar-refractivity contribution in [3.05, 3.63) is 33.9 Å². The molecule has 1 amide bonds. The van der Waals surface area contributed by atoms with Crippen LogP contribution in [0.1, 0.15) is 25.3 Å². The van der Waals surface area contributed by atoms with Crippen molar-refractivity contribution in [2.24, 2.45) is 0 Å². The Morgan fingerprint density at radius 1 is 1.25 bits per heavy atom. The average Bonchev–Trinajstić information content (AvgIpc) is 3.50. The molecular formula is C18H23F3N4O3. The van der Waals surface area contributed by atoms with E-state index in [9.17, 15) is 28.1 Å². The first-order valence-corrected chi connectivity index (χ1v) is 9.33. The highest BCUT2D eigenvalue weighted by Crippen LogP contribution is 2.36. The van der Waals surface area contributed by atoms with Crippen LogP contribution in [0.15, 0.2) is 18.2 Å². The second-order valence-corrected chi connectivity index (χ2v) is 7.12. The van der Waals surface area contributed by atoms with Crippen molar-refractivity contribution in [3.63, 3.8) is 0 Å². The van der Waals surface area contributed by atoms with Gasteiger partial charge in [0.05, 0.1) is 17.0 Å². The van der Waals surface area contributed by atoms with Gasteiger partial charge in [0.1, 0.15) is 5.69 Å². The maximum Gasteiger partial charge on any atom is 0.416 e. The van der Waals surface area contributed by atoms with Crippen LogP contribution in [-0.2, 0) is 11.0 Å². The number of nitrogens with zero attached hydrogens (tertiary/aromatic N) is 4. The van der Waals surface area contributed by atoms with Crippen LogP contribution in [0.4, 0.5) is 24.5 Å². The molecule has 1 heterocycles. The van der Waals surface area contributed by atoms with Gasteiger partial charge in [-0.2, -0.15) is 13.2 Å². The molecule has 2 aliphatic rings. The smallest absolute Gasteiger partial charge is 0.362 e. The fraction of sp³-hybridized carbons (Fsp3) is 0.611. The number of hydrogen-bond acceptors (Lipinski definition) is 5. The van der Waals surface area contributed by atoms with Crippen molar-refractivity contribution >= 4 is 17.3 Å². The van der Waals surface area contributed by atoms with E-state index in [1.165, 1.54) is 0 Å². The van der Waals surface area contributed by atoms with Gasteiger partial charge in [0.25, 0.3) is 5.69 Å². The third kappa shape index (κ3) is 4.54. The molecule has 7 nitrogen and oxygen atoms in total. The lowest BCUT2D eigenvalue weighted by Crippen LogP contribution is -2.51. The van der Waals surface area contributed by atoms with E-state index in [2.05, 4.69) is 4.90 Å². The summed E-state index contributed by atoms with van der Waals surface area (Å²) in [7, 11) is 0. The maximum absolute atomic E-state index is 12.9. The summed E-state index contributed by atoms with van der Waals surface area (Å²) in [5.74, 6) is 0.0234. The van der Waals surface area contributed by atoms with E-state index in [0.717, 1.165) is 31.5 Å². The molecule has 2 fully saturated rings. The molecule has 1 aromatic rings. The van der Waals surface area contributed by atoms with Crippen LogP contribution in [0, 0.1) is 10.1 Å². The van der Waals surface area contributed by atoms with Gasteiger partial charge in [-0.25, -0.2) is 0 Å². The Labute approximate surface area is 160 Å². The molecule has 0 radical (unpaired) electrons. The van der Waals surface area contributed by atoms with E-state index in [0.29, 0.717) is 44.8 Å². The Bertz CT molecular complexity index is 744. The Kier molecular flexibility index (Phi) is 5.78. The van der Waals surface area contributed by atoms with E-state index >= 15 is 0 Å². The number of rotatable bonds is 6. The molecule has 0 atom stereocenters. The van der Waals surface area contributed by atoms with Crippen molar-refractivity contribution in [2.45, 2.75) is 32.0 Å². The van der Waals surface area contributed by atoms with Crippen LogP contribution in [0.25, 0.3) is 0 Å². The topological polar surface area (TPSA) is 69.9 Å². The predicted octanol–water partition coefficient (Wildman–Crippen LogP) is 2.75. The number of anilines is 1. The Morgan fingerprint density at radius 3 is 2.39 bits per heavy atom. The molecule has 3 rings (SSSR count). The van der Waals surface area contributed by atoms with Crippen molar-refractivity contribution < 1.29 is 22.9 Å². The zero-order valence-corrected chi connectivity index (χ0v) is 15.6. The van der Waals surface area contributed by atoms with Crippen LogP contribution in [0.2, 0.25) is 0 Å². The first kappa shape index (κ1) is 20.4. The number of nitro benzene ring substituents is 1. The summed E-state index contributed by atoms with van der Waals surface area (Å²) in [4.78, 5) is 28.5. The molecule has 0 unspecified atom stereocenters. The van der Waals surface area contributed by atoms with Crippen molar-refractivity contribution in [1.29, 1.82) is 0 Å². The van der Waals surface area contributed by atoms with Crippen molar-refractivity contribution in [2.75, 3.05) is 44.2 Å². The van der Waals surface area contributed by atoms with Crippen molar-refractivity contribution in [3.8, 4) is 0 Å². The van der Waals surface area contributed by atoms with Gasteiger partial charge >= 0.3 is 6.18 Å². The maximum atomic E-state index is 12.9. The summed E-state index contributed by atoms with van der Waals surface area (Å²) < 4.78 is 38.6. The van der Waals surface area contributed by atoms with Crippen LogP contribution in [0.5, 0.6) is 0 Å². The van der Waals surface area contributed by atoms with E-state index in [4.69, 9.17) is 0 Å². The minimum absolute atomic E-state index is 0.0234. The molecule has 1 aliphatic carbocycles. The van der Waals surface area contributed by atoms with Gasteiger partial charge in [0.15, 0.2) is 0 Å². The highest BCUT2D eigenvalue weighted by atomic mass is 19.4. The van der Waals surface area contributed by atoms with Gasteiger partial charge in [-0.1, -0.05) is 6.92 Å². The molecule has 1 aliphatic heterocycles. The fourth-order valence-electron chi connectivity index (χ4n) is 3.52. The molecule has 1 saturated carbocycles. The number of piperazine rings is 1. The molecular weight excluding hydrogens is 377 g/mol. The van der Waals surface area contributed by atoms with E-state index in [1.54, 1.807) is 9.80 Å². The molecule has 1 aromatic carbocycles.